The molecule has 0 aromatic heterocycles. The van der Waals surface area contributed by atoms with Crippen molar-refractivity contribution in [1.82, 2.24) is 0 Å². The van der Waals surface area contributed by atoms with Crippen LogP contribution in [-0.2, 0) is 9.53 Å². The second kappa shape index (κ2) is 6.72. The summed E-state index contributed by atoms with van der Waals surface area (Å²) in [7, 11) is 0. The molecule has 0 radical (unpaired) electrons. The summed E-state index contributed by atoms with van der Waals surface area (Å²) in [5.41, 5.74) is 0.511. The van der Waals surface area contributed by atoms with Gasteiger partial charge in [-0.15, -0.1) is 0 Å². The molecule has 2 nitrogen and oxygen atoms in total. The monoisotopic (exact) mass is 224 g/mol. The molecule has 1 unspecified atom stereocenters. The summed E-state index contributed by atoms with van der Waals surface area (Å²) in [5.74, 6) is 0.362. The molecule has 0 N–H and O–H groups in total. The highest BCUT2D eigenvalue weighted by molar-refractivity contribution is 5.87. The predicted molar refractivity (Wildman–Crippen MR) is 66.2 cm³/mol. The summed E-state index contributed by atoms with van der Waals surface area (Å²) >= 11 is 0. The lowest BCUT2D eigenvalue weighted by Crippen LogP contribution is -2.28. The van der Waals surface area contributed by atoms with Gasteiger partial charge in [0.05, 0.1) is 0 Å². The van der Waals surface area contributed by atoms with Crippen LogP contribution in [0, 0.1) is 5.92 Å². The number of carbonyl (C=O) groups is 1. The van der Waals surface area contributed by atoms with E-state index in [1.54, 1.807) is 6.92 Å². The first kappa shape index (κ1) is 13.3. The van der Waals surface area contributed by atoms with Gasteiger partial charge in [-0.25, -0.2) is 4.79 Å². The van der Waals surface area contributed by atoms with Gasteiger partial charge in [0.2, 0.25) is 0 Å². The lowest BCUT2D eigenvalue weighted by Gasteiger charge is -2.29. The van der Waals surface area contributed by atoms with Gasteiger partial charge in [0.1, 0.15) is 6.10 Å². The van der Waals surface area contributed by atoms with E-state index in [0.29, 0.717) is 11.5 Å². The number of rotatable bonds is 5. The molecule has 0 amide bonds. The number of esters is 1. The van der Waals surface area contributed by atoms with E-state index in [0.717, 1.165) is 12.8 Å². The Hall–Kier alpha value is -0.790. The van der Waals surface area contributed by atoms with Crippen molar-refractivity contribution in [2.75, 3.05) is 0 Å². The summed E-state index contributed by atoms with van der Waals surface area (Å²) < 4.78 is 5.55. The Balaban J connectivity index is 2.51. The van der Waals surface area contributed by atoms with Gasteiger partial charge in [-0.1, -0.05) is 39.2 Å². The highest BCUT2D eigenvalue weighted by atomic mass is 16.5. The maximum atomic E-state index is 11.5. The number of carbonyl (C=O) groups excluding carboxylic acids is 1. The quantitative estimate of drug-likeness (QED) is 0.523. The fourth-order valence-electron chi connectivity index (χ4n) is 2.42. The van der Waals surface area contributed by atoms with Crippen molar-refractivity contribution in [3.05, 3.63) is 12.2 Å². The average molecular weight is 224 g/mol. The van der Waals surface area contributed by atoms with Crippen LogP contribution in [0.25, 0.3) is 0 Å². The van der Waals surface area contributed by atoms with Crippen molar-refractivity contribution in [2.24, 2.45) is 5.92 Å². The third-order valence-electron chi connectivity index (χ3n) is 3.36. The van der Waals surface area contributed by atoms with Crippen molar-refractivity contribution in [2.45, 2.75) is 64.9 Å². The molecule has 0 aliphatic heterocycles. The summed E-state index contributed by atoms with van der Waals surface area (Å²) in [5, 5.41) is 0. The zero-order valence-electron chi connectivity index (χ0n) is 10.6. The van der Waals surface area contributed by atoms with E-state index in [1.165, 1.54) is 32.1 Å². The number of hydrogen-bond acceptors (Lipinski definition) is 2. The first-order chi connectivity index (χ1) is 7.65. The van der Waals surface area contributed by atoms with E-state index in [2.05, 4.69) is 13.5 Å². The van der Waals surface area contributed by atoms with Crippen LogP contribution in [0.3, 0.4) is 0 Å². The van der Waals surface area contributed by atoms with Crippen molar-refractivity contribution < 1.29 is 9.53 Å². The van der Waals surface area contributed by atoms with Gasteiger partial charge >= 0.3 is 5.97 Å². The van der Waals surface area contributed by atoms with Gasteiger partial charge < -0.3 is 4.74 Å². The van der Waals surface area contributed by atoms with Crippen LogP contribution in [-0.4, -0.2) is 12.1 Å². The molecule has 1 rings (SSSR count). The SMILES string of the molecule is C=C(C)C(=O)OC(CCC)C1CCCCC1. The Morgan fingerprint density at radius 1 is 1.38 bits per heavy atom. The molecular formula is C14H24O2. The molecule has 1 saturated carbocycles. The second-order valence-electron chi connectivity index (χ2n) is 4.91. The normalized spacial score (nSPS) is 19.1. The maximum Gasteiger partial charge on any atom is 0.333 e. The molecule has 1 aliphatic carbocycles. The molecule has 1 atom stereocenters. The lowest BCUT2D eigenvalue weighted by molar-refractivity contribution is -0.148. The van der Waals surface area contributed by atoms with Crippen LogP contribution < -0.4 is 0 Å². The standard InChI is InChI=1S/C14H24O2/c1-4-8-13(16-14(15)11(2)3)12-9-6-5-7-10-12/h12-13H,2,4-10H2,1,3H3. The molecule has 0 spiro atoms. The summed E-state index contributed by atoms with van der Waals surface area (Å²) in [6, 6.07) is 0. The van der Waals surface area contributed by atoms with Crippen LogP contribution >= 0.6 is 0 Å². The van der Waals surface area contributed by atoms with Crippen molar-refractivity contribution in [1.29, 1.82) is 0 Å². The van der Waals surface area contributed by atoms with Gasteiger partial charge in [-0.05, 0) is 32.1 Å². The van der Waals surface area contributed by atoms with Crippen LogP contribution in [0.15, 0.2) is 12.2 Å². The zero-order chi connectivity index (χ0) is 12.0. The molecule has 16 heavy (non-hydrogen) atoms. The molecule has 92 valence electrons. The molecule has 0 aromatic carbocycles. The highest BCUT2D eigenvalue weighted by Gasteiger charge is 2.26. The largest absolute Gasteiger partial charge is 0.459 e. The van der Waals surface area contributed by atoms with Gasteiger partial charge in [0.15, 0.2) is 0 Å². The fraction of sp³-hybridized carbons (Fsp3) is 0.786. The van der Waals surface area contributed by atoms with Crippen molar-refractivity contribution in [3.63, 3.8) is 0 Å². The van der Waals surface area contributed by atoms with Gasteiger partial charge in [0, 0.05) is 5.57 Å². The predicted octanol–water partition coefficient (Wildman–Crippen LogP) is 3.85. The zero-order valence-corrected chi connectivity index (χ0v) is 10.6. The van der Waals surface area contributed by atoms with E-state index in [1.807, 2.05) is 0 Å². The minimum Gasteiger partial charge on any atom is -0.459 e. The minimum absolute atomic E-state index is 0.120. The summed E-state index contributed by atoms with van der Waals surface area (Å²) in [6.45, 7) is 7.50. The van der Waals surface area contributed by atoms with Crippen molar-refractivity contribution in [3.8, 4) is 0 Å². The maximum absolute atomic E-state index is 11.5. The third-order valence-corrected chi connectivity index (χ3v) is 3.36. The molecule has 1 fully saturated rings. The van der Waals surface area contributed by atoms with Gasteiger partial charge in [0.25, 0.3) is 0 Å². The van der Waals surface area contributed by atoms with Gasteiger partial charge in [-0.3, -0.25) is 0 Å². The Labute approximate surface area is 99.1 Å². The molecular weight excluding hydrogens is 200 g/mol. The molecule has 0 saturated heterocycles. The van der Waals surface area contributed by atoms with Crippen molar-refractivity contribution >= 4 is 5.97 Å². The molecule has 2 heteroatoms. The van der Waals surface area contributed by atoms with E-state index >= 15 is 0 Å². The topological polar surface area (TPSA) is 26.3 Å². The Morgan fingerprint density at radius 3 is 2.50 bits per heavy atom. The Bertz CT molecular complexity index is 239. The van der Waals surface area contributed by atoms with E-state index in [-0.39, 0.29) is 12.1 Å². The Kier molecular flexibility index (Phi) is 5.58. The van der Waals surface area contributed by atoms with Crippen LogP contribution in [0.1, 0.15) is 58.8 Å². The van der Waals surface area contributed by atoms with Gasteiger partial charge in [-0.2, -0.15) is 0 Å². The molecule has 0 bridgehead atoms. The summed E-state index contributed by atoms with van der Waals surface area (Å²) in [6.07, 6.45) is 8.53. The van der Waals surface area contributed by atoms with Crippen LogP contribution in [0.4, 0.5) is 0 Å². The molecule has 1 aliphatic rings. The van der Waals surface area contributed by atoms with Crippen LogP contribution in [0.2, 0.25) is 0 Å². The van der Waals surface area contributed by atoms with E-state index in [9.17, 15) is 4.79 Å². The lowest BCUT2D eigenvalue weighted by atomic mass is 9.83. The first-order valence-electron chi connectivity index (χ1n) is 6.51. The third kappa shape index (κ3) is 3.99. The number of hydrogen-bond donors (Lipinski definition) is 0. The highest BCUT2D eigenvalue weighted by Crippen LogP contribution is 2.30. The fourth-order valence-corrected chi connectivity index (χ4v) is 2.42. The van der Waals surface area contributed by atoms with E-state index in [4.69, 9.17) is 4.74 Å². The average Bonchev–Trinajstić information content (AvgIpc) is 2.29. The molecule has 0 aromatic rings. The number of ether oxygens (including phenoxy) is 1. The smallest absolute Gasteiger partial charge is 0.333 e. The van der Waals surface area contributed by atoms with Crippen LogP contribution in [0.5, 0.6) is 0 Å². The Morgan fingerprint density at radius 2 is 2.00 bits per heavy atom. The van der Waals surface area contributed by atoms with E-state index < -0.39 is 0 Å². The second-order valence-corrected chi connectivity index (χ2v) is 4.91. The first-order valence-corrected chi connectivity index (χ1v) is 6.51. The summed E-state index contributed by atoms with van der Waals surface area (Å²) in [4.78, 5) is 11.5. The molecule has 0 heterocycles. The minimum atomic E-state index is -0.218.